The molecule has 31 heavy (non-hydrogen) atoms. The molecule has 164 valence electrons. The lowest BCUT2D eigenvalue weighted by molar-refractivity contribution is -0.115. The lowest BCUT2D eigenvalue weighted by Crippen LogP contribution is -2.39. The van der Waals surface area contributed by atoms with Crippen molar-refractivity contribution in [2.75, 3.05) is 12.1 Å². The fourth-order valence-corrected chi connectivity index (χ4v) is 4.70. The molecule has 1 saturated carbocycles. The van der Waals surface area contributed by atoms with Crippen LogP contribution in [0.15, 0.2) is 53.6 Å². The van der Waals surface area contributed by atoms with E-state index in [9.17, 15) is 4.79 Å². The Bertz CT molecular complexity index is 921. The predicted octanol–water partition coefficient (Wildman–Crippen LogP) is 5.37. The summed E-state index contributed by atoms with van der Waals surface area (Å²) in [5, 5.41) is 10.5. The van der Waals surface area contributed by atoms with Gasteiger partial charge in [-0.15, -0.1) is 0 Å². The fourth-order valence-electron chi connectivity index (χ4n) is 4.47. The van der Waals surface area contributed by atoms with E-state index in [4.69, 9.17) is 21.4 Å². The lowest BCUT2D eigenvalue weighted by Gasteiger charge is -2.24. The number of anilines is 1. The van der Waals surface area contributed by atoms with E-state index in [1.54, 1.807) is 7.11 Å². The zero-order valence-electron chi connectivity index (χ0n) is 18.0. The first-order chi connectivity index (χ1) is 15.1. The number of carbonyl (C=O) groups is 1. The smallest absolute Gasteiger partial charge is 0.267 e. The van der Waals surface area contributed by atoms with Crippen LogP contribution >= 0.6 is 11.6 Å². The summed E-state index contributed by atoms with van der Waals surface area (Å²) in [7, 11) is 1.66. The molecule has 0 spiro atoms. The van der Waals surface area contributed by atoms with Gasteiger partial charge in [-0.05, 0) is 49.1 Å². The van der Waals surface area contributed by atoms with Gasteiger partial charge in [0.25, 0.3) is 5.91 Å². The number of halogens is 1. The third-order valence-corrected chi connectivity index (χ3v) is 6.51. The second-order valence-corrected chi connectivity index (χ2v) is 8.82. The van der Waals surface area contributed by atoms with Gasteiger partial charge in [0, 0.05) is 12.5 Å². The molecule has 0 bridgehead atoms. The van der Waals surface area contributed by atoms with Gasteiger partial charge >= 0.3 is 0 Å². The number of hydrogen-bond donors (Lipinski definition) is 1. The molecule has 1 fully saturated rings. The number of methoxy groups -OCH3 is 1. The topological polar surface area (TPSA) is 53.9 Å². The average molecular weight is 440 g/mol. The van der Waals surface area contributed by atoms with Crippen molar-refractivity contribution in [1.82, 2.24) is 5.32 Å². The largest absolute Gasteiger partial charge is 0.497 e. The maximum atomic E-state index is 13.1. The Kier molecular flexibility index (Phi) is 7.13. The molecule has 0 aromatic heterocycles. The minimum absolute atomic E-state index is 0.0307. The third kappa shape index (κ3) is 5.40. The summed E-state index contributed by atoms with van der Waals surface area (Å²) in [6.45, 7) is 0. The van der Waals surface area contributed by atoms with Crippen LogP contribution in [0.5, 0.6) is 5.75 Å². The molecule has 1 amide bonds. The van der Waals surface area contributed by atoms with Crippen molar-refractivity contribution < 1.29 is 9.53 Å². The van der Waals surface area contributed by atoms with Crippen LogP contribution in [0.4, 0.5) is 5.69 Å². The molecule has 1 heterocycles. The van der Waals surface area contributed by atoms with Crippen LogP contribution < -0.4 is 15.1 Å². The molecule has 1 aliphatic carbocycles. The number of para-hydroxylation sites is 1. The normalized spacial score (nSPS) is 19.6. The summed E-state index contributed by atoms with van der Waals surface area (Å²) in [5.41, 5.74) is 2.59. The Morgan fingerprint density at radius 3 is 2.48 bits per heavy atom. The van der Waals surface area contributed by atoms with Crippen molar-refractivity contribution in [1.29, 1.82) is 0 Å². The molecule has 2 aromatic carbocycles. The Morgan fingerprint density at radius 2 is 1.81 bits per heavy atom. The molecule has 1 N–H and O–H groups in total. The van der Waals surface area contributed by atoms with Crippen LogP contribution in [0.2, 0.25) is 5.02 Å². The number of amides is 1. The number of hydrogen-bond acceptors (Lipinski definition) is 4. The van der Waals surface area contributed by atoms with Crippen molar-refractivity contribution in [3.05, 3.63) is 59.1 Å². The van der Waals surface area contributed by atoms with E-state index in [0.29, 0.717) is 17.2 Å². The Hall–Kier alpha value is -2.53. The molecule has 1 atom stereocenters. The zero-order valence-corrected chi connectivity index (χ0v) is 18.8. The molecular weight excluding hydrogens is 410 g/mol. The highest BCUT2D eigenvalue weighted by atomic mass is 35.5. The van der Waals surface area contributed by atoms with Crippen molar-refractivity contribution in [3.8, 4) is 5.75 Å². The van der Waals surface area contributed by atoms with Crippen molar-refractivity contribution in [2.24, 2.45) is 5.10 Å². The first-order valence-electron chi connectivity index (χ1n) is 11.2. The van der Waals surface area contributed by atoms with Crippen molar-refractivity contribution in [2.45, 2.75) is 63.5 Å². The van der Waals surface area contributed by atoms with Crippen molar-refractivity contribution >= 4 is 28.9 Å². The zero-order chi connectivity index (χ0) is 21.6. The summed E-state index contributed by atoms with van der Waals surface area (Å²) in [4.78, 5) is 13.1. The predicted molar refractivity (Wildman–Crippen MR) is 126 cm³/mol. The SMILES string of the molecule is COc1ccc(CC2CC(C(=O)NC3CCCCCC3)=NN2c2ccccc2Cl)cc1. The first-order valence-corrected chi connectivity index (χ1v) is 11.6. The highest BCUT2D eigenvalue weighted by molar-refractivity contribution is 6.40. The van der Waals surface area contributed by atoms with Gasteiger partial charge in [-0.2, -0.15) is 5.10 Å². The minimum Gasteiger partial charge on any atom is -0.497 e. The van der Waals surface area contributed by atoms with E-state index in [0.717, 1.165) is 30.7 Å². The second-order valence-electron chi connectivity index (χ2n) is 8.41. The van der Waals surface area contributed by atoms with Gasteiger partial charge in [-0.1, -0.05) is 61.5 Å². The average Bonchev–Trinajstić information content (AvgIpc) is 3.02. The van der Waals surface area contributed by atoms with Gasteiger partial charge < -0.3 is 10.1 Å². The van der Waals surface area contributed by atoms with Gasteiger partial charge in [0.15, 0.2) is 0 Å². The molecule has 0 radical (unpaired) electrons. The molecule has 2 aliphatic rings. The number of carbonyl (C=O) groups excluding carboxylic acids is 1. The quantitative estimate of drug-likeness (QED) is 0.616. The summed E-state index contributed by atoms with van der Waals surface area (Å²) in [6, 6.07) is 16.0. The van der Waals surface area contributed by atoms with E-state index in [1.807, 2.05) is 41.4 Å². The Morgan fingerprint density at radius 1 is 1.10 bits per heavy atom. The van der Waals surface area contributed by atoms with Crippen LogP contribution in [0, 0.1) is 0 Å². The highest BCUT2D eigenvalue weighted by Gasteiger charge is 2.33. The molecule has 5 nitrogen and oxygen atoms in total. The summed E-state index contributed by atoms with van der Waals surface area (Å²) < 4.78 is 5.27. The molecule has 4 rings (SSSR count). The van der Waals surface area contributed by atoms with Gasteiger partial charge in [0.1, 0.15) is 11.5 Å². The monoisotopic (exact) mass is 439 g/mol. The van der Waals surface area contributed by atoms with Crippen LogP contribution in [-0.2, 0) is 11.2 Å². The number of ether oxygens (including phenoxy) is 1. The Balaban J connectivity index is 1.53. The van der Waals surface area contributed by atoms with E-state index < -0.39 is 0 Å². The maximum Gasteiger partial charge on any atom is 0.267 e. The fraction of sp³-hybridized carbons (Fsp3) is 0.440. The number of rotatable bonds is 6. The standard InChI is InChI=1S/C25H30ClN3O2/c1-31-21-14-12-18(13-15-21)16-20-17-23(25(30)27-19-8-4-2-3-5-9-19)28-29(20)24-11-7-6-10-22(24)26/h6-7,10-15,19-20H,2-5,8-9,16-17H2,1H3,(H,27,30). The molecule has 0 saturated heterocycles. The third-order valence-electron chi connectivity index (χ3n) is 6.19. The van der Waals surface area contributed by atoms with Gasteiger partial charge in [-0.25, -0.2) is 0 Å². The summed E-state index contributed by atoms with van der Waals surface area (Å²) in [6.07, 6.45) is 8.36. The van der Waals surface area contributed by atoms with Crippen LogP contribution in [-0.4, -0.2) is 30.8 Å². The summed E-state index contributed by atoms with van der Waals surface area (Å²) >= 11 is 6.49. The van der Waals surface area contributed by atoms with Gasteiger partial charge in [-0.3, -0.25) is 9.80 Å². The van der Waals surface area contributed by atoms with Gasteiger partial charge in [0.05, 0.1) is 23.9 Å². The Labute approximate surface area is 189 Å². The number of hydrazone groups is 1. The first kappa shape index (κ1) is 21.7. The second kappa shape index (κ2) is 10.2. The minimum atomic E-state index is -0.0406. The molecular formula is C25H30ClN3O2. The number of benzene rings is 2. The van der Waals surface area contributed by atoms with E-state index in [1.165, 1.54) is 31.2 Å². The molecule has 1 unspecified atom stereocenters. The number of nitrogens with one attached hydrogen (secondary N) is 1. The highest BCUT2D eigenvalue weighted by Crippen LogP contribution is 2.33. The number of nitrogens with zero attached hydrogens (tertiary/aromatic N) is 2. The molecule has 2 aromatic rings. The lowest BCUT2D eigenvalue weighted by atomic mass is 10.0. The molecule has 1 aliphatic heterocycles. The van der Waals surface area contributed by atoms with Crippen molar-refractivity contribution in [3.63, 3.8) is 0 Å². The summed E-state index contributed by atoms with van der Waals surface area (Å²) in [5.74, 6) is 0.791. The van der Waals surface area contributed by atoms with Crippen LogP contribution in [0.25, 0.3) is 0 Å². The van der Waals surface area contributed by atoms with Crippen LogP contribution in [0.1, 0.15) is 50.5 Å². The van der Waals surface area contributed by atoms with Crippen LogP contribution in [0.3, 0.4) is 0 Å². The molecule has 6 heteroatoms. The van der Waals surface area contributed by atoms with E-state index >= 15 is 0 Å². The van der Waals surface area contributed by atoms with E-state index in [-0.39, 0.29) is 18.0 Å². The van der Waals surface area contributed by atoms with Gasteiger partial charge in [0.2, 0.25) is 0 Å². The van der Waals surface area contributed by atoms with E-state index in [2.05, 4.69) is 17.4 Å². The maximum absolute atomic E-state index is 13.1.